The highest BCUT2D eigenvalue weighted by molar-refractivity contribution is 7.26. The predicted molar refractivity (Wildman–Crippen MR) is 298 cm³/mol. The van der Waals surface area contributed by atoms with Gasteiger partial charge in [0.05, 0.1) is 10.7 Å². The van der Waals surface area contributed by atoms with Gasteiger partial charge in [0.15, 0.2) is 0 Å². The fourth-order valence-electron chi connectivity index (χ4n) is 11.5. The number of fused-ring (bicyclic) bond motifs is 7. The van der Waals surface area contributed by atoms with Crippen molar-refractivity contribution >= 4 is 66.9 Å². The van der Waals surface area contributed by atoms with Crippen LogP contribution in [0.4, 0.5) is 27.8 Å². The lowest BCUT2D eigenvalue weighted by Crippen LogP contribution is -2.61. The van der Waals surface area contributed by atoms with Gasteiger partial charge in [-0.05, 0) is 149 Å². The van der Waals surface area contributed by atoms with Crippen LogP contribution in [0.3, 0.4) is 0 Å². The number of thiophene rings is 1. The van der Waals surface area contributed by atoms with E-state index in [-0.39, 0.29) is 33.9 Å². The van der Waals surface area contributed by atoms with Gasteiger partial charge in [0.25, 0.3) is 0 Å². The molecule has 0 saturated heterocycles. The Kier molecular flexibility index (Phi) is 10.1. The maximum atomic E-state index is 2.76. The molecule has 68 heavy (non-hydrogen) atoms. The Labute approximate surface area is 411 Å². The lowest BCUT2D eigenvalue weighted by atomic mass is 9.43. The van der Waals surface area contributed by atoms with Crippen molar-refractivity contribution in [3.05, 3.63) is 173 Å². The number of nitrogens with zero attached hydrogens (tertiary/aromatic N) is 2. The van der Waals surface area contributed by atoms with Crippen LogP contribution in [0, 0.1) is 0 Å². The zero-order chi connectivity index (χ0) is 47.9. The van der Waals surface area contributed by atoms with Crippen molar-refractivity contribution in [2.75, 3.05) is 9.71 Å². The van der Waals surface area contributed by atoms with Gasteiger partial charge in [-0.2, -0.15) is 0 Å². The van der Waals surface area contributed by atoms with Crippen molar-refractivity contribution in [1.29, 1.82) is 0 Å². The highest BCUT2D eigenvalue weighted by atomic mass is 32.1. The Morgan fingerprint density at radius 3 is 1.76 bits per heavy atom. The van der Waals surface area contributed by atoms with E-state index >= 15 is 0 Å². The molecular weight excluding hydrogens is 840 g/mol. The summed E-state index contributed by atoms with van der Waals surface area (Å²) in [7, 11) is 0. The zero-order valence-corrected chi connectivity index (χ0v) is 43.5. The van der Waals surface area contributed by atoms with Gasteiger partial charge in [-0.1, -0.05) is 193 Å². The van der Waals surface area contributed by atoms with E-state index in [0.29, 0.717) is 0 Å². The largest absolute Gasteiger partial charge is 0.376 e. The van der Waals surface area contributed by atoms with Crippen LogP contribution in [-0.4, -0.2) is 6.85 Å². The Bertz CT molecular complexity index is 3290. The first kappa shape index (κ1) is 44.7. The number of hydrogen-bond donors (Lipinski definition) is 0. The molecule has 0 saturated carbocycles. The van der Waals surface area contributed by atoms with Gasteiger partial charge in [0.1, 0.15) is 0 Å². The Morgan fingerprint density at radius 2 is 1.07 bits per heavy atom. The van der Waals surface area contributed by atoms with Crippen LogP contribution in [0.15, 0.2) is 146 Å². The van der Waals surface area contributed by atoms with E-state index in [0.717, 1.165) is 0 Å². The van der Waals surface area contributed by atoms with Crippen LogP contribution in [0.5, 0.6) is 0 Å². The van der Waals surface area contributed by atoms with Crippen LogP contribution in [0.1, 0.15) is 131 Å². The lowest BCUT2D eigenvalue weighted by molar-refractivity contribution is 0.332. The SMILES string of the molecule is CC(C)(C)c1ccc(-c2ccc3c(c2)N(c2ccc4c(c2)C(C)(C)CCC4(C)C)B2c4c-3cc(C(C)(C)C)cc4N(c3ccc(C(C)(C)C)cc3-c3ccccc3)c3sc4ccccc4c32)cc1. The highest BCUT2D eigenvalue weighted by Gasteiger charge is 2.48. The molecule has 0 fully saturated rings. The van der Waals surface area contributed by atoms with Crippen LogP contribution >= 0.6 is 11.3 Å². The molecule has 3 aliphatic rings. The van der Waals surface area contributed by atoms with Gasteiger partial charge in [0.2, 0.25) is 0 Å². The zero-order valence-electron chi connectivity index (χ0n) is 42.7. The fourth-order valence-corrected chi connectivity index (χ4v) is 12.8. The minimum Gasteiger partial charge on any atom is -0.376 e. The Morgan fingerprint density at radius 1 is 0.456 bits per heavy atom. The molecule has 0 atom stereocenters. The first-order chi connectivity index (χ1) is 32.1. The molecule has 11 rings (SSSR count). The summed E-state index contributed by atoms with van der Waals surface area (Å²) < 4.78 is 1.31. The molecule has 0 amide bonds. The van der Waals surface area contributed by atoms with Gasteiger partial charge in [-0.25, -0.2) is 0 Å². The monoisotopic (exact) mass is 907 g/mol. The third-order valence-electron chi connectivity index (χ3n) is 15.8. The minimum absolute atomic E-state index is 0.0144. The summed E-state index contributed by atoms with van der Waals surface area (Å²) in [6, 6.07) is 56.9. The molecule has 2 aliphatic heterocycles. The summed E-state index contributed by atoms with van der Waals surface area (Å²) in [5.41, 5.74) is 22.5. The van der Waals surface area contributed by atoms with E-state index in [1.165, 1.54) is 123 Å². The number of rotatable bonds is 4. The van der Waals surface area contributed by atoms with Crippen molar-refractivity contribution in [1.82, 2.24) is 0 Å². The minimum atomic E-state index is -0.103. The Balaban J connectivity index is 1.26. The molecule has 0 unspecified atom stereocenters. The normalized spacial score (nSPS) is 16.0. The molecule has 2 nitrogen and oxygen atoms in total. The molecule has 8 aromatic rings. The molecule has 0 spiro atoms. The summed E-state index contributed by atoms with van der Waals surface area (Å²) in [5.74, 6) is 0. The lowest BCUT2D eigenvalue weighted by Gasteiger charge is -2.47. The van der Waals surface area contributed by atoms with Crippen LogP contribution in [-0.2, 0) is 27.1 Å². The first-order valence-electron chi connectivity index (χ1n) is 25.0. The number of hydrogen-bond acceptors (Lipinski definition) is 3. The van der Waals surface area contributed by atoms with E-state index in [4.69, 9.17) is 0 Å². The maximum Gasteiger partial charge on any atom is 0.334 e. The summed E-state index contributed by atoms with van der Waals surface area (Å²) in [6.07, 6.45) is 2.35. The third-order valence-corrected chi connectivity index (χ3v) is 17.0. The van der Waals surface area contributed by atoms with Crippen LogP contribution in [0.25, 0.3) is 43.5 Å². The topological polar surface area (TPSA) is 6.48 Å². The van der Waals surface area contributed by atoms with Crippen molar-refractivity contribution < 1.29 is 0 Å². The Hall–Kier alpha value is -5.84. The smallest absolute Gasteiger partial charge is 0.334 e. The second-order valence-electron chi connectivity index (χ2n) is 24.5. The molecule has 0 bridgehead atoms. The van der Waals surface area contributed by atoms with Crippen LogP contribution < -0.4 is 20.6 Å². The van der Waals surface area contributed by atoms with Crippen molar-refractivity contribution in [3.63, 3.8) is 0 Å². The average molecular weight is 907 g/mol. The highest BCUT2D eigenvalue weighted by Crippen LogP contribution is 2.54. The van der Waals surface area contributed by atoms with Gasteiger partial charge in [0, 0.05) is 32.9 Å². The second kappa shape index (κ2) is 15.3. The molecule has 0 radical (unpaired) electrons. The summed E-state index contributed by atoms with van der Waals surface area (Å²) in [6.45, 7) is 30.8. The van der Waals surface area contributed by atoms with E-state index in [1.807, 2.05) is 11.3 Å². The maximum absolute atomic E-state index is 2.76. The van der Waals surface area contributed by atoms with E-state index < -0.39 is 0 Å². The first-order valence-corrected chi connectivity index (χ1v) is 25.8. The second-order valence-corrected chi connectivity index (χ2v) is 25.6. The standard InChI is InChI=1S/C64H67BN2S/c1-60(2,3)43-26-23-40(24-27-43)42-25-30-47-50-37-45(62(7,8)9)38-55-57(50)65(67(54(47)35-42)46-29-31-51-52(39-46)64(12,13)34-33-63(51,10)11)58-48-21-17-18-22-56(48)68-59(58)66(55)53-32-28-44(61(4,5)6)36-49(53)41-19-15-14-16-20-41/h14-32,35-39H,33-34H2,1-13H3. The van der Waals surface area contributed by atoms with Gasteiger partial charge in [-0.15, -0.1) is 11.3 Å². The molecule has 1 aromatic heterocycles. The van der Waals surface area contributed by atoms with E-state index in [2.05, 4.69) is 245 Å². The number of anilines is 5. The number of benzene rings is 7. The van der Waals surface area contributed by atoms with E-state index in [9.17, 15) is 0 Å². The predicted octanol–water partition coefficient (Wildman–Crippen LogP) is 17.2. The molecule has 0 N–H and O–H groups in total. The van der Waals surface area contributed by atoms with Crippen LogP contribution in [0.2, 0.25) is 0 Å². The van der Waals surface area contributed by atoms with Crippen molar-refractivity contribution in [2.45, 2.75) is 130 Å². The van der Waals surface area contributed by atoms with Gasteiger partial charge >= 0.3 is 6.85 Å². The quantitative estimate of drug-likeness (QED) is 0.162. The molecule has 342 valence electrons. The summed E-state index contributed by atoms with van der Waals surface area (Å²) in [5, 5.41) is 2.62. The van der Waals surface area contributed by atoms with Gasteiger partial charge < -0.3 is 9.71 Å². The summed E-state index contributed by atoms with van der Waals surface area (Å²) >= 11 is 1.95. The third kappa shape index (κ3) is 7.19. The molecule has 7 aromatic carbocycles. The van der Waals surface area contributed by atoms with Gasteiger partial charge in [-0.3, -0.25) is 0 Å². The van der Waals surface area contributed by atoms with Crippen molar-refractivity contribution in [3.8, 4) is 33.4 Å². The molecular formula is C64H67BN2S. The van der Waals surface area contributed by atoms with E-state index in [1.54, 1.807) is 0 Å². The average Bonchev–Trinajstić information content (AvgIpc) is 3.69. The van der Waals surface area contributed by atoms with Crippen molar-refractivity contribution in [2.24, 2.45) is 0 Å². The molecule has 4 heteroatoms. The fraction of sp³-hybridized carbons (Fsp3) is 0.312. The molecule has 3 heterocycles. The summed E-state index contributed by atoms with van der Waals surface area (Å²) in [4.78, 5) is 5.44. The molecule has 1 aliphatic carbocycles.